The lowest BCUT2D eigenvalue weighted by Crippen LogP contribution is -2.43. The molecule has 0 radical (unpaired) electrons. The predicted molar refractivity (Wildman–Crippen MR) is 87.3 cm³/mol. The minimum absolute atomic E-state index is 0.158. The average molecular weight is 328 g/mol. The topological polar surface area (TPSA) is 92.6 Å². The maximum absolute atomic E-state index is 12.2. The summed E-state index contributed by atoms with van der Waals surface area (Å²) in [5, 5.41) is 11.9. The third kappa shape index (κ3) is 3.46. The summed E-state index contributed by atoms with van der Waals surface area (Å²) < 4.78 is 0. The van der Waals surface area contributed by atoms with Crippen molar-refractivity contribution in [3.05, 3.63) is 23.9 Å². The maximum Gasteiger partial charge on any atom is 0.324 e. The zero-order valence-electron chi connectivity index (χ0n) is 13.4. The van der Waals surface area contributed by atoms with Gasteiger partial charge in [-0.1, -0.05) is 0 Å². The Hall–Kier alpha value is -2.66. The molecule has 2 aliphatic heterocycles. The number of nitriles is 1. The molecular formula is C16H20N6O2. The Labute approximate surface area is 140 Å². The first-order valence-electron chi connectivity index (χ1n) is 8.09. The van der Waals surface area contributed by atoms with Crippen molar-refractivity contribution in [3.8, 4) is 6.07 Å². The van der Waals surface area contributed by atoms with E-state index < -0.39 is 0 Å². The van der Waals surface area contributed by atoms with Crippen LogP contribution in [0.5, 0.6) is 0 Å². The highest BCUT2D eigenvalue weighted by Gasteiger charge is 2.28. The molecular weight excluding hydrogens is 308 g/mol. The van der Waals surface area contributed by atoms with Crippen LogP contribution < -0.4 is 10.2 Å². The van der Waals surface area contributed by atoms with Gasteiger partial charge in [0.15, 0.2) is 0 Å². The number of anilines is 1. The second kappa shape index (κ2) is 7.27. The number of amides is 3. The van der Waals surface area contributed by atoms with Gasteiger partial charge in [-0.25, -0.2) is 9.78 Å². The van der Waals surface area contributed by atoms with Gasteiger partial charge in [0, 0.05) is 45.5 Å². The molecule has 2 aliphatic rings. The Bertz CT molecular complexity index is 671. The lowest BCUT2D eigenvalue weighted by atomic mass is 10.2. The summed E-state index contributed by atoms with van der Waals surface area (Å²) in [4.78, 5) is 33.6. The fourth-order valence-electron chi connectivity index (χ4n) is 3.06. The minimum Gasteiger partial charge on any atom is -0.354 e. The third-order valence-corrected chi connectivity index (χ3v) is 4.31. The number of nitrogens with zero attached hydrogens (tertiary/aromatic N) is 5. The van der Waals surface area contributed by atoms with Crippen LogP contribution in [0.3, 0.4) is 0 Å². The van der Waals surface area contributed by atoms with E-state index in [2.05, 4.69) is 26.2 Å². The first kappa shape index (κ1) is 16.2. The Morgan fingerprint density at radius 1 is 1.29 bits per heavy atom. The van der Waals surface area contributed by atoms with E-state index in [9.17, 15) is 14.9 Å². The van der Waals surface area contributed by atoms with Crippen molar-refractivity contribution in [2.75, 3.05) is 50.7 Å². The molecule has 0 bridgehead atoms. The van der Waals surface area contributed by atoms with E-state index in [1.807, 2.05) is 0 Å². The number of urea groups is 1. The Morgan fingerprint density at radius 3 is 2.92 bits per heavy atom. The van der Waals surface area contributed by atoms with E-state index in [4.69, 9.17) is 0 Å². The molecule has 1 N–H and O–H groups in total. The second-order valence-corrected chi connectivity index (χ2v) is 5.88. The van der Waals surface area contributed by atoms with Crippen LogP contribution in [-0.2, 0) is 4.79 Å². The normalized spacial score (nSPS) is 18.9. The van der Waals surface area contributed by atoms with Gasteiger partial charge in [0.2, 0.25) is 5.91 Å². The average Bonchev–Trinajstić information content (AvgIpc) is 2.90. The highest BCUT2D eigenvalue weighted by molar-refractivity contribution is 5.96. The lowest BCUT2D eigenvalue weighted by Gasteiger charge is -2.23. The van der Waals surface area contributed by atoms with Gasteiger partial charge in [0.1, 0.15) is 11.9 Å². The molecule has 0 unspecified atom stereocenters. The van der Waals surface area contributed by atoms with Gasteiger partial charge in [-0.3, -0.25) is 14.6 Å². The minimum atomic E-state index is -0.302. The largest absolute Gasteiger partial charge is 0.354 e. The van der Waals surface area contributed by atoms with E-state index in [1.165, 1.54) is 4.90 Å². The van der Waals surface area contributed by atoms with Crippen LogP contribution in [0.2, 0.25) is 0 Å². The molecule has 2 saturated heterocycles. The van der Waals surface area contributed by atoms with Gasteiger partial charge < -0.3 is 10.2 Å². The summed E-state index contributed by atoms with van der Waals surface area (Å²) in [5.74, 6) is 0.543. The molecule has 126 valence electrons. The molecule has 8 nitrogen and oxygen atoms in total. The summed E-state index contributed by atoms with van der Waals surface area (Å²) in [5.41, 5.74) is 0.566. The van der Waals surface area contributed by atoms with E-state index >= 15 is 0 Å². The van der Waals surface area contributed by atoms with Crippen LogP contribution in [0.4, 0.5) is 10.6 Å². The second-order valence-electron chi connectivity index (χ2n) is 5.88. The van der Waals surface area contributed by atoms with Crippen molar-refractivity contribution in [2.45, 2.75) is 6.42 Å². The van der Waals surface area contributed by atoms with E-state index in [0.717, 1.165) is 19.5 Å². The highest BCUT2D eigenvalue weighted by Crippen LogP contribution is 2.18. The van der Waals surface area contributed by atoms with Crippen molar-refractivity contribution in [1.29, 1.82) is 5.26 Å². The fourth-order valence-corrected chi connectivity index (χ4v) is 3.06. The number of carbonyl (C=O) groups is 2. The number of carbonyl (C=O) groups excluding carboxylic acids is 2. The Morgan fingerprint density at radius 2 is 2.17 bits per heavy atom. The number of rotatable bonds is 3. The van der Waals surface area contributed by atoms with Crippen LogP contribution in [0, 0.1) is 11.3 Å². The standard InChI is InChI=1S/C16H20N6O2/c17-11-13-3-1-4-18-15(13)21-7-2-6-20(9-10-21)12-14(23)22-8-5-19-16(22)24/h1,3-4H,2,5-10,12H2,(H,19,24). The van der Waals surface area contributed by atoms with Gasteiger partial charge in [-0.15, -0.1) is 0 Å². The molecule has 1 aromatic heterocycles. The van der Waals surface area contributed by atoms with Crippen molar-refractivity contribution in [1.82, 2.24) is 20.1 Å². The van der Waals surface area contributed by atoms with Crippen LogP contribution in [0.25, 0.3) is 0 Å². The van der Waals surface area contributed by atoms with Crippen molar-refractivity contribution < 1.29 is 9.59 Å². The molecule has 0 saturated carbocycles. The monoisotopic (exact) mass is 328 g/mol. The molecule has 0 aromatic carbocycles. The molecule has 8 heteroatoms. The van der Waals surface area contributed by atoms with E-state index in [-0.39, 0.29) is 18.5 Å². The molecule has 0 aliphatic carbocycles. The summed E-state index contributed by atoms with van der Waals surface area (Å²) in [6, 6.07) is 5.39. The zero-order valence-corrected chi connectivity index (χ0v) is 13.4. The maximum atomic E-state index is 12.2. The molecule has 0 spiro atoms. The van der Waals surface area contributed by atoms with E-state index in [0.29, 0.717) is 37.6 Å². The molecule has 3 amide bonds. The van der Waals surface area contributed by atoms with Crippen LogP contribution in [0.1, 0.15) is 12.0 Å². The molecule has 3 rings (SSSR count). The number of imide groups is 1. The van der Waals surface area contributed by atoms with E-state index in [1.54, 1.807) is 18.3 Å². The first-order chi connectivity index (χ1) is 11.7. The number of hydrogen-bond donors (Lipinski definition) is 1. The van der Waals surface area contributed by atoms with Crippen molar-refractivity contribution >= 4 is 17.8 Å². The van der Waals surface area contributed by atoms with Crippen molar-refractivity contribution in [3.63, 3.8) is 0 Å². The first-order valence-corrected chi connectivity index (χ1v) is 8.09. The lowest BCUT2D eigenvalue weighted by molar-refractivity contribution is -0.128. The smallest absolute Gasteiger partial charge is 0.324 e. The van der Waals surface area contributed by atoms with Gasteiger partial charge in [-0.2, -0.15) is 5.26 Å². The summed E-state index contributed by atoms with van der Waals surface area (Å²) >= 11 is 0. The predicted octanol–water partition coefficient (Wildman–Crippen LogP) is 0.0172. The Balaban J connectivity index is 1.60. The molecule has 2 fully saturated rings. The third-order valence-electron chi connectivity index (χ3n) is 4.31. The molecule has 3 heterocycles. The van der Waals surface area contributed by atoms with Crippen LogP contribution >= 0.6 is 0 Å². The number of nitrogens with one attached hydrogen (secondary N) is 1. The number of hydrogen-bond acceptors (Lipinski definition) is 6. The quantitative estimate of drug-likeness (QED) is 0.841. The number of pyridine rings is 1. The molecule has 24 heavy (non-hydrogen) atoms. The summed E-state index contributed by atoms with van der Waals surface area (Å²) in [6.07, 6.45) is 2.56. The molecule has 0 atom stereocenters. The van der Waals surface area contributed by atoms with Crippen LogP contribution in [-0.4, -0.2) is 72.5 Å². The van der Waals surface area contributed by atoms with Crippen LogP contribution in [0.15, 0.2) is 18.3 Å². The zero-order chi connectivity index (χ0) is 16.9. The van der Waals surface area contributed by atoms with Gasteiger partial charge in [0.05, 0.1) is 12.1 Å². The Kier molecular flexibility index (Phi) is 4.91. The SMILES string of the molecule is N#Cc1cccnc1N1CCCN(CC(=O)N2CCNC2=O)CC1. The van der Waals surface area contributed by atoms with Gasteiger partial charge in [-0.05, 0) is 18.6 Å². The summed E-state index contributed by atoms with van der Waals surface area (Å²) in [7, 11) is 0. The summed E-state index contributed by atoms with van der Waals surface area (Å²) in [6.45, 7) is 4.18. The highest BCUT2D eigenvalue weighted by atomic mass is 16.2. The van der Waals surface area contributed by atoms with Crippen molar-refractivity contribution in [2.24, 2.45) is 0 Å². The number of aromatic nitrogens is 1. The van der Waals surface area contributed by atoms with Gasteiger partial charge in [0.25, 0.3) is 0 Å². The molecule has 1 aromatic rings. The van der Waals surface area contributed by atoms with Gasteiger partial charge >= 0.3 is 6.03 Å². The fraction of sp³-hybridized carbons (Fsp3) is 0.500.